The molecule has 2 unspecified atom stereocenters. The molecule has 6 heteroatoms. The smallest absolute Gasteiger partial charge is 0.320 e. The van der Waals surface area contributed by atoms with E-state index in [1.54, 1.807) is 0 Å². The molecule has 0 aliphatic rings. The molecule has 0 fully saturated rings. The van der Waals surface area contributed by atoms with Crippen molar-refractivity contribution in [3.8, 4) is 0 Å². The van der Waals surface area contributed by atoms with Crippen molar-refractivity contribution in [3.63, 3.8) is 0 Å². The van der Waals surface area contributed by atoms with Gasteiger partial charge in [-0.05, 0) is 12.8 Å². The van der Waals surface area contributed by atoms with Gasteiger partial charge in [-0.15, -0.1) is 0 Å². The Labute approximate surface area is 74.7 Å². The molecule has 0 heterocycles. The third-order valence-corrected chi connectivity index (χ3v) is 1.51. The summed E-state index contributed by atoms with van der Waals surface area (Å²) in [6.45, 7) is 0. The standard InChI is InChI=1S/C7H12FNO4/c1-13-7(12)4(6(10)11)2-3-5(8)9/h4-5H,2-3,9H2,1H3,(H,10,11). The number of alkyl halides is 1. The van der Waals surface area contributed by atoms with Crippen molar-refractivity contribution in [2.75, 3.05) is 7.11 Å². The first-order valence-electron chi connectivity index (χ1n) is 3.69. The number of aliphatic carboxylic acids is 1. The molecule has 0 saturated heterocycles. The number of esters is 1. The molecule has 3 N–H and O–H groups in total. The second-order valence-corrected chi connectivity index (χ2v) is 2.51. The van der Waals surface area contributed by atoms with Crippen LogP contribution in [0.15, 0.2) is 0 Å². The largest absolute Gasteiger partial charge is 0.481 e. The Bertz CT molecular complexity index is 195. The van der Waals surface area contributed by atoms with E-state index in [2.05, 4.69) is 4.74 Å². The molecule has 0 aliphatic carbocycles. The Kier molecular flexibility index (Phi) is 4.98. The van der Waals surface area contributed by atoms with E-state index in [0.717, 1.165) is 7.11 Å². The van der Waals surface area contributed by atoms with Gasteiger partial charge in [0.2, 0.25) is 0 Å². The highest BCUT2D eigenvalue weighted by Gasteiger charge is 2.27. The molecule has 5 nitrogen and oxygen atoms in total. The molecule has 76 valence electrons. The number of methoxy groups -OCH3 is 1. The van der Waals surface area contributed by atoms with Crippen LogP contribution in [0.25, 0.3) is 0 Å². The van der Waals surface area contributed by atoms with Gasteiger partial charge in [0.1, 0.15) is 6.30 Å². The molecule has 0 radical (unpaired) electrons. The molecule has 0 aromatic heterocycles. The minimum atomic E-state index is -1.61. The van der Waals surface area contributed by atoms with Crippen LogP contribution in [0.4, 0.5) is 4.39 Å². The van der Waals surface area contributed by atoms with Crippen LogP contribution in [0.2, 0.25) is 0 Å². The van der Waals surface area contributed by atoms with Crippen LogP contribution in [0, 0.1) is 5.92 Å². The van der Waals surface area contributed by atoms with Gasteiger partial charge in [0.25, 0.3) is 0 Å². The maximum absolute atomic E-state index is 12.1. The maximum atomic E-state index is 12.1. The highest BCUT2D eigenvalue weighted by Crippen LogP contribution is 2.10. The number of hydrogen-bond acceptors (Lipinski definition) is 4. The zero-order valence-electron chi connectivity index (χ0n) is 7.20. The van der Waals surface area contributed by atoms with Gasteiger partial charge < -0.3 is 15.6 Å². The first-order chi connectivity index (χ1) is 5.99. The summed E-state index contributed by atoms with van der Waals surface area (Å²) in [5, 5.41) is 8.52. The van der Waals surface area contributed by atoms with Crippen LogP contribution in [-0.4, -0.2) is 30.5 Å². The van der Waals surface area contributed by atoms with E-state index in [9.17, 15) is 14.0 Å². The fourth-order valence-electron chi connectivity index (χ4n) is 0.810. The van der Waals surface area contributed by atoms with Crippen LogP contribution in [0.5, 0.6) is 0 Å². The first-order valence-corrected chi connectivity index (χ1v) is 3.69. The molecule has 13 heavy (non-hydrogen) atoms. The number of rotatable bonds is 5. The summed E-state index contributed by atoms with van der Waals surface area (Å²) in [5.41, 5.74) is 4.77. The summed E-state index contributed by atoms with van der Waals surface area (Å²) >= 11 is 0. The van der Waals surface area contributed by atoms with Crippen molar-refractivity contribution in [3.05, 3.63) is 0 Å². The number of hydrogen-bond donors (Lipinski definition) is 2. The molecule has 0 aromatic carbocycles. The number of ether oxygens (including phenoxy) is 1. The van der Waals surface area contributed by atoms with E-state index in [1.165, 1.54) is 0 Å². The highest BCUT2D eigenvalue weighted by atomic mass is 19.1. The number of halogens is 1. The number of carbonyl (C=O) groups excluding carboxylic acids is 1. The Hall–Kier alpha value is -1.17. The van der Waals surface area contributed by atoms with Gasteiger partial charge in [-0.2, -0.15) is 0 Å². The van der Waals surface area contributed by atoms with Gasteiger partial charge >= 0.3 is 11.9 Å². The Morgan fingerprint density at radius 3 is 2.38 bits per heavy atom. The maximum Gasteiger partial charge on any atom is 0.320 e. The third kappa shape index (κ3) is 4.41. The van der Waals surface area contributed by atoms with Gasteiger partial charge in [-0.3, -0.25) is 9.59 Å². The number of carboxylic acid groups (broad SMARTS) is 1. The summed E-state index contributed by atoms with van der Waals surface area (Å²) < 4.78 is 16.3. The van der Waals surface area contributed by atoms with Crippen LogP contribution >= 0.6 is 0 Å². The van der Waals surface area contributed by atoms with Gasteiger partial charge in [-0.1, -0.05) is 0 Å². The van der Waals surface area contributed by atoms with E-state index in [-0.39, 0.29) is 12.8 Å². The van der Waals surface area contributed by atoms with Crippen molar-refractivity contribution in [1.29, 1.82) is 0 Å². The topological polar surface area (TPSA) is 89.6 Å². The van der Waals surface area contributed by atoms with Gasteiger partial charge in [0.05, 0.1) is 7.11 Å². The molecule has 0 saturated carbocycles. The number of carboxylic acids is 1. The zero-order chi connectivity index (χ0) is 10.4. The predicted molar refractivity (Wildman–Crippen MR) is 41.5 cm³/mol. The monoisotopic (exact) mass is 193 g/mol. The second-order valence-electron chi connectivity index (χ2n) is 2.51. The molecular formula is C7H12FNO4. The van der Waals surface area contributed by atoms with Gasteiger partial charge in [0.15, 0.2) is 5.92 Å². The van der Waals surface area contributed by atoms with E-state index in [0.29, 0.717) is 0 Å². The summed E-state index contributed by atoms with van der Waals surface area (Å²) in [4.78, 5) is 21.2. The molecule has 0 aromatic rings. The Balaban J connectivity index is 4.11. The lowest BCUT2D eigenvalue weighted by Crippen LogP contribution is -2.27. The molecule has 0 spiro atoms. The van der Waals surface area contributed by atoms with Crippen molar-refractivity contribution in [1.82, 2.24) is 0 Å². The normalized spacial score (nSPS) is 14.7. The lowest BCUT2D eigenvalue weighted by atomic mass is 10.0. The van der Waals surface area contributed by atoms with Crippen LogP contribution in [0.3, 0.4) is 0 Å². The minimum Gasteiger partial charge on any atom is -0.481 e. The van der Waals surface area contributed by atoms with E-state index in [1.807, 2.05) is 0 Å². The number of nitrogens with two attached hydrogens (primary N) is 1. The molecule has 0 amide bonds. The zero-order valence-corrected chi connectivity index (χ0v) is 7.20. The first kappa shape index (κ1) is 11.8. The van der Waals surface area contributed by atoms with Crippen LogP contribution < -0.4 is 5.73 Å². The van der Waals surface area contributed by atoms with Crippen LogP contribution in [-0.2, 0) is 14.3 Å². The fraction of sp³-hybridized carbons (Fsp3) is 0.714. The summed E-state index contributed by atoms with van der Waals surface area (Å²) in [5.74, 6) is -3.53. The van der Waals surface area contributed by atoms with E-state index in [4.69, 9.17) is 10.8 Å². The summed E-state index contributed by atoms with van der Waals surface area (Å²) in [6, 6.07) is 0. The fourth-order valence-corrected chi connectivity index (χ4v) is 0.810. The molecular weight excluding hydrogens is 181 g/mol. The minimum absolute atomic E-state index is 0.153. The van der Waals surface area contributed by atoms with Gasteiger partial charge in [-0.25, -0.2) is 4.39 Å². The van der Waals surface area contributed by atoms with Gasteiger partial charge in [0, 0.05) is 0 Å². The Morgan fingerprint density at radius 2 is 2.08 bits per heavy atom. The van der Waals surface area contributed by atoms with Crippen LogP contribution in [0.1, 0.15) is 12.8 Å². The average molecular weight is 193 g/mol. The lowest BCUT2D eigenvalue weighted by molar-refractivity contribution is -0.157. The Morgan fingerprint density at radius 1 is 1.54 bits per heavy atom. The highest BCUT2D eigenvalue weighted by molar-refractivity contribution is 5.93. The second kappa shape index (κ2) is 5.47. The average Bonchev–Trinajstić information content (AvgIpc) is 2.03. The molecule has 0 bridgehead atoms. The molecule has 2 atom stereocenters. The van der Waals surface area contributed by atoms with Crippen molar-refractivity contribution in [2.24, 2.45) is 11.7 Å². The quantitative estimate of drug-likeness (QED) is 0.361. The number of carbonyl (C=O) groups is 2. The summed E-state index contributed by atoms with van der Waals surface area (Å²) in [6.07, 6.45) is -1.93. The predicted octanol–water partition coefficient (Wildman–Crippen LogP) is -0.105. The summed E-state index contributed by atoms with van der Waals surface area (Å²) in [7, 11) is 1.08. The third-order valence-electron chi connectivity index (χ3n) is 1.51. The molecule has 0 rings (SSSR count). The molecule has 0 aliphatic heterocycles. The van der Waals surface area contributed by atoms with Crippen molar-refractivity contribution in [2.45, 2.75) is 19.1 Å². The van der Waals surface area contributed by atoms with E-state index >= 15 is 0 Å². The van der Waals surface area contributed by atoms with Crippen molar-refractivity contribution < 1.29 is 23.8 Å². The lowest BCUT2D eigenvalue weighted by Gasteiger charge is -2.09. The van der Waals surface area contributed by atoms with Crippen molar-refractivity contribution >= 4 is 11.9 Å². The van der Waals surface area contributed by atoms with E-state index < -0.39 is 24.2 Å². The SMILES string of the molecule is COC(=O)C(CCC(N)F)C(=O)O.